The van der Waals surface area contributed by atoms with E-state index in [0.29, 0.717) is 10.6 Å². The Morgan fingerprint density at radius 1 is 1.44 bits per heavy atom. The lowest BCUT2D eigenvalue weighted by molar-refractivity contribution is -0.142. The molecule has 0 heterocycles. The van der Waals surface area contributed by atoms with Gasteiger partial charge in [-0.1, -0.05) is 29.8 Å². The number of rotatable bonds is 6. The zero-order valence-corrected chi connectivity index (χ0v) is 10.6. The molecule has 5 nitrogen and oxygen atoms in total. The van der Waals surface area contributed by atoms with E-state index >= 15 is 0 Å². The number of carboxylic acids is 1. The van der Waals surface area contributed by atoms with Crippen molar-refractivity contribution in [1.82, 2.24) is 5.32 Å². The molecule has 0 unspecified atom stereocenters. The average molecular weight is 272 g/mol. The molecule has 0 bridgehead atoms. The van der Waals surface area contributed by atoms with Crippen LogP contribution in [0.15, 0.2) is 24.3 Å². The van der Waals surface area contributed by atoms with Crippen LogP contribution in [0.2, 0.25) is 5.02 Å². The van der Waals surface area contributed by atoms with E-state index in [1.807, 2.05) is 0 Å². The minimum atomic E-state index is -1.11. The summed E-state index contributed by atoms with van der Waals surface area (Å²) in [6.45, 7) is -0.174. The summed E-state index contributed by atoms with van der Waals surface area (Å²) in [4.78, 5) is 22.4. The van der Waals surface area contributed by atoms with E-state index in [4.69, 9.17) is 16.7 Å². The van der Waals surface area contributed by atoms with Crippen molar-refractivity contribution < 1.29 is 19.4 Å². The van der Waals surface area contributed by atoms with Crippen molar-refractivity contribution in [3.8, 4) is 0 Å². The molecule has 1 rings (SSSR count). The summed E-state index contributed by atoms with van der Waals surface area (Å²) in [5.41, 5.74) is 0.671. The van der Waals surface area contributed by atoms with Gasteiger partial charge in [0.1, 0.15) is 12.6 Å². The molecule has 0 fully saturated rings. The van der Waals surface area contributed by atoms with Crippen LogP contribution in [-0.2, 0) is 20.7 Å². The predicted octanol–water partition coefficient (Wildman–Crippen LogP) is 1.10. The van der Waals surface area contributed by atoms with Gasteiger partial charge in [0.15, 0.2) is 0 Å². The number of halogens is 1. The molecule has 0 aromatic heterocycles. The standard InChI is InChI=1S/C12H14ClNO4/c1-18-7-11(15)14-10(12(16)17)6-8-4-2-3-5-9(8)13/h2-5,10H,6-7H2,1H3,(H,14,15)(H,16,17)/t10-/m0/s1. The van der Waals surface area contributed by atoms with Crippen molar-refractivity contribution in [2.75, 3.05) is 13.7 Å². The maximum atomic E-state index is 11.3. The summed E-state index contributed by atoms with van der Waals surface area (Å²) in [5.74, 6) is -1.59. The highest BCUT2D eigenvalue weighted by Gasteiger charge is 2.21. The Labute approximate surface area is 110 Å². The molecule has 1 aromatic carbocycles. The van der Waals surface area contributed by atoms with Crippen molar-refractivity contribution in [2.45, 2.75) is 12.5 Å². The Kier molecular flexibility index (Phi) is 5.61. The normalized spacial score (nSPS) is 11.9. The number of benzene rings is 1. The monoisotopic (exact) mass is 271 g/mol. The van der Waals surface area contributed by atoms with Gasteiger partial charge in [-0.05, 0) is 11.6 Å². The van der Waals surface area contributed by atoms with Crippen molar-refractivity contribution in [3.63, 3.8) is 0 Å². The van der Waals surface area contributed by atoms with Gasteiger partial charge in [-0.2, -0.15) is 0 Å². The molecule has 0 aliphatic heterocycles. The minimum Gasteiger partial charge on any atom is -0.480 e. The van der Waals surface area contributed by atoms with Gasteiger partial charge in [0.2, 0.25) is 5.91 Å². The van der Waals surface area contributed by atoms with Crippen LogP contribution >= 0.6 is 11.6 Å². The highest BCUT2D eigenvalue weighted by Crippen LogP contribution is 2.16. The smallest absolute Gasteiger partial charge is 0.326 e. The number of methoxy groups -OCH3 is 1. The van der Waals surface area contributed by atoms with Crippen molar-refractivity contribution >= 4 is 23.5 Å². The fraction of sp³-hybridized carbons (Fsp3) is 0.333. The third-order valence-corrected chi connectivity index (χ3v) is 2.66. The van der Waals surface area contributed by atoms with Gasteiger partial charge < -0.3 is 15.2 Å². The number of hydrogen-bond donors (Lipinski definition) is 2. The van der Waals surface area contributed by atoms with Gasteiger partial charge >= 0.3 is 5.97 Å². The van der Waals surface area contributed by atoms with E-state index < -0.39 is 17.9 Å². The number of carbonyl (C=O) groups is 2. The number of carbonyl (C=O) groups excluding carboxylic acids is 1. The highest BCUT2D eigenvalue weighted by atomic mass is 35.5. The predicted molar refractivity (Wildman–Crippen MR) is 66.6 cm³/mol. The minimum absolute atomic E-state index is 0.129. The summed E-state index contributed by atoms with van der Waals surface area (Å²) in [6, 6.07) is 5.89. The molecular formula is C12H14ClNO4. The lowest BCUT2D eigenvalue weighted by Gasteiger charge is -2.15. The number of carboxylic acid groups (broad SMARTS) is 1. The van der Waals surface area contributed by atoms with Gasteiger partial charge in [0.05, 0.1) is 0 Å². The summed E-state index contributed by atoms with van der Waals surface area (Å²) in [5, 5.41) is 11.9. The van der Waals surface area contributed by atoms with Crippen LogP contribution in [0.25, 0.3) is 0 Å². The van der Waals surface area contributed by atoms with Crippen LogP contribution in [0.1, 0.15) is 5.56 Å². The molecule has 0 spiro atoms. The number of aliphatic carboxylic acids is 1. The molecule has 1 amide bonds. The summed E-state index contributed by atoms with van der Waals surface area (Å²) in [6.07, 6.45) is 0.129. The van der Waals surface area contributed by atoms with Gasteiger partial charge in [-0.25, -0.2) is 4.79 Å². The number of amides is 1. The van der Waals surface area contributed by atoms with E-state index in [1.165, 1.54) is 7.11 Å². The van der Waals surface area contributed by atoms with E-state index in [2.05, 4.69) is 10.1 Å². The molecule has 6 heteroatoms. The molecule has 0 saturated carbocycles. The molecule has 0 radical (unpaired) electrons. The van der Waals surface area contributed by atoms with E-state index in [9.17, 15) is 9.59 Å². The lowest BCUT2D eigenvalue weighted by Crippen LogP contribution is -2.43. The van der Waals surface area contributed by atoms with Crippen LogP contribution in [-0.4, -0.2) is 36.7 Å². The molecule has 0 aliphatic carbocycles. The topological polar surface area (TPSA) is 75.6 Å². The largest absolute Gasteiger partial charge is 0.480 e. The summed E-state index contributed by atoms with van der Waals surface area (Å²) < 4.78 is 4.63. The summed E-state index contributed by atoms with van der Waals surface area (Å²) >= 11 is 5.94. The Bertz CT molecular complexity index is 436. The number of ether oxygens (including phenoxy) is 1. The van der Waals surface area contributed by atoms with Crippen LogP contribution in [0, 0.1) is 0 Å². The van der Waals surface area contributed by atoms with Crippen LogP contribution in [0.3, 0.4) is 0 Å². The van der Waals surface area contributed by atoms with Gasteiger partial charge in [0, 0.05) is 18.6 Å². The number of hydrogen-bond acceptors (Lipinski definition) is 3. The quantitative estimate of drug-likeness (QED) is 0.812. The van der Waals surface area contributed by atoms with Crippen LogP contribution in [0.4, 0.5) is 0 Å². The first-order chi connectivity index (χ1) is 8.54. The molecule has 98 valence electrons. The Balaban J connectivity index is 2.72. The zero-order chi connectivity index (χ0) is 13.5. The Morgan fingerprint density at radius 3 is 2.67 bits per heavy atom. The molecule has 1 atom stereocenters. The maximum Gasteiger partial charge on any atom is 0.326 e. The summed E-state index contributed by atoms with van der Waals surface area (Å²) in [7, 11) is 1.36. The molecule has 18 heavy (non-hydrogen) atoms. The number of nitrogens with one attached hydrogen (secondary N) is 1. The third-order valence-electron chi connectivity index (χ3n) is 2.29. The third kappa shape index (κ3) is 4.35. The second kappa shape index (κ2) is 6.98. The fourth-order valence-electron chi connectivity index (χ4n) is 1.45. The van der Waals surface area contributed by atoms with E-state index in [1.54, 1.807) is 24.3 Å². The van der Waals surface area contributed by atoms with Crippen LogP contribution in [0.5, 0.6) is 0 Å². The Hall–Kier alpha value is -1.59. The lowest BCUT2D eigenvalue weighted by atomic mass is 10.1. The molecular weight excluding hydrogens is 258 g/mol. The second-order valence-corrected chi connectivity index (χ2v) is 4.09. The SMILES string of the molecule is COCC(=O)N[C@@H](Cc1ccccc1Cl)C(=O)O. The van der Waals surface area contributed by atoms with Crippen molar-refractivity contribution in [3.05, 3.63) is 34.9 Å². The zero-order valence-electron chi connectivity index (χ0n) is 9.85. The van der Waals surface area contributed by atoms with Gasteiger partial charge in [-0.15, -0.1) is 0 Å². The van der Waals surface area contributed by atoms with E-state index in [-0.39, 0.29) is 13.0 Å². The Morgan fingerprint density at radius 2 is 2.11 bits per heavy atom. The molecule has 1 aromatic rings. The van der Waals surface area contributed by atoms with Crippen molar-refractivity contribution in [2.24, 2.45) is 0 Å². The highest BCUT2D eigenvalue weighted by molar-refractivity contribution is 6.31. The van der Waals surface area contributed by atoms with E-state index in [0.717, 1.165) is 0 Å². The average Bonchev–Trinajstić information content (AvgIpc) is 2.31. The van der Waals surface area contributed by atoms with Gasteiger partial charge in [-0.3, -0.25) is 4.79 Å². The van der Waals surface area contributed by atoms with Crippen molar-refractivity contribution in [1.29, 1.82) is 0 Å². The van der Waals surface area contributed by atoms with Crippen LogP contribution < -0.4 is 5.32 Å². The second-order valence-electron chi connectivity index (χ2n) is 3.69. The molecule has 0 saturated heterocycles. The molecule has 2 N–H and O–H groups in total. The first kappa shape index (κ1) is 14.5. The maximum absolute atomic E-state index is 11.3. The molecule has 0 aliphatic rings. The fourth-order valence-corrected chi connectivity index (χ4v) is 1.66. The first-order valence-electron chi connectivity index (χ1n) is 5.29. The van der Waals surface area contributed by atoms with Gasteiger partial charge in [0.25, 0.3) is 0 Å². The first-order valence-corrected chi connectivity index (χ1v) is 5.67.